The molecule has 0 spiro atoms. The van der Waals surface area contributed by atoms with E-state index < -0.39 is 5.92 Å². The number of aryl methyl sites for hydroxylation is 1. The van der Waals surface area contributed by atoms with Gasteiger partial charge >= 0.3 is 0 Å². The number of fused-ring (bicyclic) bond motifs is 1. The molecule has 0 bridgehead atoms. The summed E-state index contributed by atoms with van der Waals surface area (Å²) >= 11 is 0. The molecule has 4 aromatic rings. The highest BCUT2D eigenvalue weighted by molar-refractivity contribution is 5.77. The van der Waals surface area contributed by atoms with Gasteiger partial charge in [-0.05, 0) is 35.7 Å². The summed E-state index contributed by atoms with van der Waals surface area (Å²) in [6, 6.07) is 20.3. The molecule has 2 heterocycles. The van der Waals surface area contributed by atoms with Crippen molar-refractivity contribution >= 4 is 11.6 Å². The number of nitrogens with zero attached hydrogens (tertiary/aromatic N) is 2. The summed E-state index contributed by atoms with van der Waals surface area (Å²) in [6.45, 7) is 2.42. The van der Waals surface area contributed by atoms with Gasteiger partial charge in [-0.2, -0.15) is 0 Å². The fraction of sp³-hybridized carbons (Fsp3) is 0.167. The van der Waals surface area contributed by atoms with E-state index in [1.807, 2.05) is 60.0 Å². The summed E-state index contributed by atoms with van der Waals surface area (Å²) in [7, 11) is 0. The van der Waals surface area contributed by atoms with Crippen LogP contribution in [0.3, 0.4) is 0 Å². The second-order valence-electron chi connectivity index (χ2n) is 7.11. The predicted octanol–water partition coefficient (Wildman–Crippen LogP) is 4.62. The van der Waals surface area contributed by atoms with Gasteiger partial charge in [0.05, 0.1) is 5.69 Å². The maximum Gasteiger partial charge on any atom is 0.221 e. The predicted molar refractivity (Wildman–Crippen MR) is 111 cm³/mol. The third-order valence-corrected chi connectivity index (χ3v) is 5.12. The molecular formula is C24H22FN3O. The van der Waals surface area contributed by atoms with Gasteiger partial charge in [0, 0.05) is 31.3 Å². The topological polar surface area (TPSA) is 46.4 Å². The lowest BCUT2D eigenvalue weighted by atomic mass is 9.91. The van der Waals surface area contributed by atoms with Crippen molar-refractivity contribution in [1.82, 2.24) is 14.7 Å². The van der Waals surface area contributed by atoms with Crippen LogP contribution in [-0.2, 0) is 11.3 Å². The molecule has 0 aliphatic heterocycles. The van der Waals surface area contributed by atoms with E-state index in [0.29, 0.717) is 12.1 Å². The van der Waals surface area contributed by atoms with Crippen LogP contribution in [0.4, 0.5) is 4.39 Å². The van der Waals surface area contributed by atoms with Crippen LogP contribution < -0.4 is 5.32 Å². The van der Waals surface area contributed by atoms with Crippen molar-refractivity contribution in [3.63, 3.8) is 0 Å². The van der Waals surface area contributed by atoms with E-state index in [1.54, 1.807) is 24.4 Å². The molecule has 1 amide bonds. The van der Waals surface area contributed by atoms with Gasteiger partial charge in [0.15, 0.2) is 0 Å². The van der Waals surface area contributed by atoms with E-state index in [0.717, 1.165) is 22.5 Å². The lowest BCUT2D eigenvalue weighted by Gasteiger charge is -2.18. The van der Waals surface area contributed by atoms with E-state index in [2.05, 4.69) is 10.3 Å². The minimum Gasteiger partial charge on any atom is -0.352 e. The first-order valence-electron chi connectivity index (χ1n) is 9.61. The molecule has 0 radical (unpaired) electrons. The second kappa shape index (κ2) is 8.27. The van der Waals surface area contributed by atoms with E-state index in [-0.39, 0.29) is 18.1 Å². The van der Waals surface area contributed by atoms with Crippen LogP contribution in [0.25, 0.3) is 5.65 Å². The number of amides is 1. The van der Waals surface area contributed by atoms with E-state index in [9.17, 15) is 9.18 Å². The number of hydrogen-bond donors (Lipinski definition) is 1. The highest BCUT2D eigenvalue weighted by Gasteiger charge is 2.24. The smallest absolute Gasteiger partial charge is 0.221 e. The molecule has 5 heteroatoms. The summed E-state index contributed by atoms with van der Waals surface area (Å²) in [5.74, 6) is -0.899. The number of halogens is 1. The third kappa shape index (κ3) is 4.04. The zero-order chi connectivity index (χ0) is 20.2. The minimum atomic E-state index is -0.441. The summed E-state index contributed by atoms with van der Waals surface area (Å²) in [5.41, 5.74) is 4.15. The van der Waals surface area contributed by atoms with Crippen LogP contribution in [0.1, 0.15) is 34.7 Å². The largest absolute Gasteiger partial charge is 0.352 e. The van der Waals surface area contributed by atoms with Gasteiger partial charge < -0.3 is 9.72 Å². The van der Waals surface area contributed by atoms with Crippen LogP contribution in [-0.4, -0.2) is 15.3 Å². The Labute approximate surface area is 169 Å². The van der Waals surface area contributed by atoms with Gasteiger partial charge in [0.25, 0.3) is 0 Å². The Morgan fingerprint density at radius 1 is 1.07 bits per heavy atom. The molecule has 2 aromatic heterocycles. The van der Waals surface area contributed by atoms with E-state index in [4.69, 9.17) is 0 Å². The first-order valence-corrected chi connectivity index (χ1v) is 9.61. The lowest BCUT2D eigenvalue weighted by molar-refractivity contribution is -0.121. The fourth-order valence-corrected chi connectivity index (χ4v) is 3.61. The molecule has 0 saturated carbocycles. The van der Waals surface area contributed by atoms with Crippen LogP contribution in [0, 0.1) is 12.7 Å². The maximum atomic E-state index is 14.7. The van der Waals surface area contributed by atoms with Gasteiger partial charge in [0.2, 0.25) is 5.91 Å². The SMILES string of the molecule is Cc1cccn2c(C(CC(=O)NCc3ccccc3)c3ccccc3F)cnc12. The molecule has 0 aliphatic rings. The Morgan fingerprint density at radius 3 is 2.62 bits per heavy atom. The van der Waals surface area contributed by atoms with Crippen molar-refractivity contribution in [1.29, 1.82) is 0 Å². The summed E-state index contributed by atoms with van der Waals surface area (Å²) in [6.07, 6.45) is 3.78. The number of carbonyl (C=O) groups is 1. The number of benzene rings is 2. The number of rotatable bonds is 6. The Kier molecular flexibility index (Phi) is 5.38. The Balaban J connectivity index is 1.65. The van der Waals surface area contributed by atoms with Crippen molar-refractivity contribution in [2.45, 2.75) is 25.8 Å². The van der Waals surface area contributed by atoms with Gasteiger partial charge in [-0.1, -0.05) is 54.6 Å². The van der Waals surface area contributed by atoms with E-state index in [1.165, 1.54) is 6.07 Å². The van der Waals surface area contributed by atoms with Gasteiger partial charge in [-0.15, -0.1) is 0 Å². The maximum absolute atomic E-state index is 14.7. The first kappa shape index (κ1) is 18.9. The molecule has 4 rings (SSSR count). The van der Waals surface area contributed by atoms with E-state index >= 15 is 0 Å². The van der Waals surface area contributed by atoms with Crippen LogP contribution in [0.5, 0.6) is 0 Å². The van der Waals surface area contributed by atoms with Crippen molar-refractivity contribution in [3.8, 4) is 0 Å². The Morgan fingerprint density at radius 2 is 1.83 bits per heavy atom. The number of carbonyl (C=O) groups excluding carboxylic acids is 1. The summed E-state index contributed by atoms with van der Waals surface area (Å²) in [4.78, 5) is 17.3. The van der Waals surface area contributed by atoms with Crippen molar-refractivity contribution in [2.75, 3.05) is 0 Å². The number of pyridine rings is 1. The fourth-order valence-electron chi connectivity index (χ4n) is 3.61. The lowest BCUT2D eigenvalue weighted by Crippen LogP contribution is -2.25. The molecule has 1 unspecified atom stereocenters. The number of nitrogens with one attached hydrogen (secondary N) is 1. The number of hydrogen-bond acceptors (Lipinski definition) is 2. The Bertz CT molecular complexity index is 1140. The molecule has 0 aliphatic carbocycles. The Hall–Kier alpha value is -3.47. The number of imidazole rings is 1. The van der Waals surface area contributed by atoms with Gasteiger partial charge in [0.1, 0.15) is 11.5 Å². The molecule has 1 atom stereocenters. The van der Waals surface area contributed by atoms with Crippen molar-refractivity contribution in [2.24, 2.45) is 0 Å². The molecular weight excluding hydrogens is 365 g/mol. The molecule has 29 heavy (non-hydrogen) atoms. The molecule has 4 nitrogen and oxygen atoms in total. The monoisotopic (exact) mass is 387 g/mol. The quantitative estimate of drug-likeness (QED) is 0.525. The first-order chi connectivity index (χ1) is 14.1. The molecule has 146 valence electrons. The van der Waals surface area contributed by atoms with Crippen LogP contribution >= 0.6 is 0 Å². The normalized spacial score (nSPS) is 12.1. The average Bonchev–Trinajstić information content (AvgIpc) is 3.17. The number of aromatic nitrogens is 2. The zero-order valence-electron chi connectivity index (χ0n) is 16.2. The van der Waals surface area contributed by atoms with Gasteiger partial charge in [-0.25, -0.2) is 9.37 Å². The average molecular weight is 387 g/mol. The van der Waals surface area contributed by atoms with Crippen LogP contribution in [0.2, 0.25) is 0 Å². The minimum absolute atomic E-state index is 0.134. The molecule has 0 saturated heterocycles. The van der Waals surface area contributed by atoms with Gasteiger partial charge in [-0.3, -0.25) is 4.79 Å². The van der Waals surface area contributed by atoms with Crippen molar-refractivity contribution in [3.05, 3.63) is 107 Å². The van der Waals surface area contributed by atoms with Crippen molar-refractivity contribution < 1.29 is 9.18 Å². The molecule has 0 fully saturated rings. The highest BCUT2D eigenvalue weighted by Crippen LogP contribution is 2.31. The summed E-state index contributed by atoms with van der Waals surface area (Å²) < 4.78 is 16.6. The van der Waals surface area contributed by atoms with Crippen LogP contribution in [0.15, 0.2) is 79.1 Å². The standard InChI is InChI=1S/C24H22FN3O/c1-17-8-7-13-28-22(16-27-24(17)28)20(19-11-5-6-12-21(19)25)14-23(29)26-15-18-9-3-2-4-10-18/h2-13,16,20H,14-15H2,1H3,(H,26,29). The summed E-state index contributed by atoms with van der Waals surface area (Å²) in [5, 5.41) is 2.95. The second-order valence-corrected chi connectivity index (χ2v) is 7.11. The highest BCUT2D eigenvalue weighted by atomic mass is 19.1. The zero-order valence-corrected chi connectivity index (χ0v) is 16.2. The molecule has 1 N–H and O–H groups in total. The third-order valence-electron chi connectivity index (χ3n) is 5.12. The molecule has 2 aromatic carbocycles.